The van der Waals surface area contributed by atoms with E-state index in [0.29, 0.717) is 18.9 Å². The molecule has 0 aliphatic carbocycles. The molecule has 0 saturated heterocycles. The van der Waals surface area contributed by atoms with Gasteiger partial charge in [0.2, 0.25) is 5.91 Å². The number of amides is 1. The van der Waals surface area contributed by atoms with E-state index in [4.69, 9.17) is 9.47 Å². The van der Waals surface area contributed by atoms with Gasteiger partial charge in [0.1, 0.15) is 18.9 Å². The maximum Gasteiger partial charge on any atom is 0.325 e. The Morgan fingerprint density at radius 2 is 1.84 bits per heavy atom. The second kappa shape index (κ2) is 11.1. The number of aryl methyl sites for hydroxylation is 1. The molecule has 0 radical (unpaired) electrons. The number of hydrogen-bond acceptors (Lipinski definition) is 6. The zero-order valence-electron chi connectivity index (χ0n) is 17.5. The van der Waals surface area contributed by atoms with E-state index in [1.165, 1.54) is 18.1 Å². The van der Waals surface area contributed by atoms with Crippen molar-refractivity contribution in [3.05, 3.63) is 87.9 Å². The van der Waals surface area contributed by atoms with Gasteiger partial charge in [-0.2, -0.15) is 0 Å². The van der Waals surface area contributed by atoms with Crippen molar-refractivity contribution in [1.29, 1.82) is 0 Å². The molecular formula is C24H24N2O4S. The van der Waals surface area contributed by atoms with Gasteiger partial charge >= 0.3 is 5.97 Å². The summed E-state index contributed by atoms with van der Waals surface area (Å²) in [5.41, 5.74) is 2.56. The van der Waals surface area contributed by atoms with Crippen molar-refractivity contribution < 1.29 is 19.1 Å². The van der Waals surface area contributed by atoms with Crippen molar-refractivity contribution >= 4 is 29.3 Å². The molecule has 0 unspecified atom stereocenters. The normalized spacial score (nSPS) is 10.8. The highest BCUT2D eigenvalue weighted by Crippen LogP contribution is 2.21. The van der Waals surface area contributed by atoms with E-state index in [-0.39, 0.29) is 12.5 Å². The van der Waals surface area contributed by atoms with Gasteiger partial charge in [0, 0.05) is 23.6 Å². The van der Waals surface area contributed by atoms with E-state index < -0.39 is 5.97 Å². The van der Waals surface area contributed by atoms with Crippen LogP contribution in [0.2, 0.25) is 0 Å². The molecule has 31 heavy (non-hydrogen) atoms. The number of carbonyl (C=O) groups is 2. The van der Waals surface area contributed by atoms with Gasteiger partial charge in [-0.25, -0.2) is 4.98 Å². The largest absolute Gasteiger partial charge is 0.487 e. The highest BCUT2D eigenvalue weighted by Gasteiger charge is 2.16. The summed E-state index contributed by atoms with van der Waals surface area (Å²) in [5.74, 6) is -0.112. The maximum atomic E-state index is 12.8. The minimum atomic E-state index is -0.472. The fourth-order valence-electron chi connectivity index (χ4n) is 2.88. The number of methoxy groups -OCH3 is 1. The molecule has 6 nitrogen and oxygen atoms in total. The second-order valence-corrected chi connectivity index (χ2v) is 7.84. The molecule has 0 fully saturated rings. The summed E-state index contributed by atoms with van der Waals surface area (Å²) in [6, 6.07) is 17.0. The van der Waals surface area contributed by atoms with Crippen LogP contribution in [0, 0.1) is 6.92 Å². The number of benzene rings is 2. The van der Waals surface area contributed by atoms with Crippen LogP contribution in [0.4, 0.5) is 0 Å². The summed E-state index contributed by atoms with van der Waals surface area (Å²) in [6.45, 7) is 2.48. The third-order valence-corrected chi connectivity index (χ3v) is 5.26. The Bertz CT molecular complexity index is 1050. The molecule has 0 spiro atoms. The Morgan fingerprint density at radius 1 is 1.10 bits per heavy atom. The van der Waals surface area contributed by atoms with Crippen LogP contribution >= 0.6 is 11.3 Å². The second-order valence-electron chi connectivity index (χ2n) is 6.77. The van der Waals surface area contributed by atoms with Crippen molar-refractivity contribution in [3.63, 3.8) is 0 Å². The van der Waals surface area contributed by atoms with Crippen molar-refractivity contribution in [1.82, 2.24) is 9.88 Å². The van der Waals surface area contributed by atoms with Gasteiger partial charge in [-0.15, -0.1) is 11.3 Å². The molecule has 1 amide bonds. The Morgan fingerprint density at radius 3 is 2.55 bits per heavy atom. The zero-order chi connectivity index (χ0) is 22.1. The predicted octanol–water partition coefficient (Wildman–Crippen LogP) is 4.25. The SMILES string of the molecule is COC(=O)CN(Cc1ccccc1)C(=O)/C=C/c1ccccc1OCc1csc(C)n1. The molecule has 3 aromatic rings. The summed E-state index contributed by atoms with van der Waals surface area (Å²) in [4.78, 5) is 30.5. The standard InChI is InChI=1S/C24H24N2O4S/c1-18-25-21(17-31-18)16-30-22-11-7-6-10-20(22)12-13-23(27)26(15-24(28)29-2)14-19-8-4-3-5-9-19/h3-13,17H,14-16H2,1-2H3/b13-12+. The maximum absolute atomic E-state index is 12.8. The fraction of sp³-hybridized carbons (Fsp3) is 0.208. The van der Waals surface area contributed by atoms with Gasteiger partial charge in [0.15, 0.2) is 0 Å². The van der Waals surface area contributed by atoms with Crippen LogP contribution in [0.3, 0.4) is 0 Å². The monoisotopic (exact) mass is 436 g/mol. The lowest BCUT2D eigenvalue weighted by atomic mass is 10.1. The lowest BCUT2D eigenvalue weighted by molar-refractivity contribution is -0.145. The van der Waals surface area contributed by atoms with Gasteiger partial charge in [0.25, 0.3) is 0 Å². The van der Waals surface area contributed by atoms with Crippen LogP contribution in [0.25, 0.3) is 6.08 Å². The number of hydrogen-bond donors (Lipinski definition) is 0. The van der Waals surface area contributed by atoms with E-state index in [9.17, 15) is 9.59 Å². The average Bonchev–Trinajstić information content (AvgIpc) is 3.21. The van der Waals surface area contributed by atoms with Crippen molar-refractivity contribution in [2.75, 3.05) is 13.7 Å². The molecular weight excluding hydrogens is 412 g/mol. The number of para-hydroxylation sites is 1. The quantitative estimate of drug-likeness (QED) is 0.371. The van der Waals surface area contributed by atoms with Crippen LogP contribution < -0.4 is 4.74 Å². The van der Waals surface area contributed by atoms with E-state index in [1.807, 2.05) is 66.9 Å². The van der Waals surface area contributed by atoms with Crippen molar-refractivity contribution in [2.24, 2.45) is 0 Å². The number of carbonyl (C=O) groups excluding carboxylic acids is 2. The van der Waals surface area contributed by atoms with E-state index in [0.717, 1.165) is 21.8 Å². The molecule has 0 N–H and O–H groups in total. The van der Waals surface area contributed by atoms with Gasteiger partial charge in [-0.1, -0.05) is 48.5 Å². The number of rotatable bonds is 9. The van der Waals surface area contributed by atoms with Crippen LogP contribution in [-0.4, -0.2) is 35.4 Å². The first kappa shape index (κ1) is 22.2. The molecule has 2 aromatic carbocycles. The van der Waals surface area contributed by atoms with Gasteiger partial charge in [0.05, 0.1) is 17.8 Å². The lowest BCUT2D eigenvalue weighted by Crippen LogP contribution is -2.34. The molecule has 0 aliphatic heterocycles. The Labute approximate surface area is 185 Å². The van der Waals surface area contributed by atoms with Crippen molar-refractivity contribution in [3.8, 4) is 5.75 Å². The van der Waals surface area contributed by atoms with Crippen LogP contribution in [0.15, 0.2) is 66.1 Å². The highest BCUT2D eigenvalue weighted by molar-refractivity contribution is 7.09. The highest BCUT2D eigenvalue weighted by atomic mass is 32.1. The first-order valence-electron chi connectivity index (χ1n) is 9.75. The third kappa shape index (κ3) is 6.79. The average molecular weight is 437 g/mol. The molecule has 1 heterocycles. The third-order valence-electron chi connectivity index (χ3n) is 4.44. The summed E-state index contributed by atoms with van der Waals surface area (Å²) in [6.07, 6.45) is 3.14. The number of aromatic nitrogens is 1. The summed E-state index contributed by atoms with van der Waals surface area (Å²) >= 11 is 1.58. The molecule has 1 aromatic heterocycles. The van der Waals surface area contributed by atoms with E-state index in [1.54, 1.807) is 17.4 Å². The van der Waals surface area contributed by atoms with Crippen LogP contribution in [0.5, 0.6) is 5.75 Å². The summed E-state index contributed by atoms with van der Waals surface area (Å²) in [7, 11) is 1.31. The van der Waals surface area contributed by atoms with Crippen LogP contribution in [0.1, 0.15) is 21.8 Å². The molecule has 7 heteroatoms. The van der Waals surface area contributed by atoms with Crippen molar-refractivity contribution in [2.45, 2.75) is 20.1 Å². The van der Waals surface area contributed by atoms with Gasteiger partial charge in [-0.3, -0.25) is 9.59 Å². The minimum Gasteiger partial charge on any atom is -0.487 e. The first-order valence-corrected chi connectivity index (χ1v) is 10.6. The number of esters is 1. The summed E-state index contributed by atoms with van der Waals surface area (Å²) < 4.78 is 10.6. The van der Waals surface area contributed by atoms with E-state index >= 15 is 0 Å². The molecule has 3 rings (SSSR count). The van der Waals surface area contributed by atoms with Gasteiger partial charge in [-0.05, 0) is 24.6 Å². The Kier molecular flexibility index (Phi) is 7.95. The Hall–Kier alpha value is -3.45. The Balaban J connectivity index is 1.71. The molecule has 0 aliphatic rings. The lowest BCUT2D eigenvalue weighted by Gasteiger charge is -2.20. The molecule has 160 valence electrons. The first-order chi connectivity index (χ1) is 15.0. The molecule has 0 bridgehead atoms. The number of thiazole rings is 1. The number of nitrogens with zero attached hydrogens (tertiary/aromatic N) is 2. The predicted molar refractivity (Wildman–Crippen MR) is 121 cm³/mol. The van der Waals surface area contributed by atoms with Crippen LogP contribution in [-0.2, 0) is 27.5 Å². The zero-order valence-corrected chi connectivity index (χ0v) is 18.3. The molecule has 0 atom stereocenters. The fourth-order valence-corrected chi connectivity index (χ4v) is 3.48. The summed E-state index contributed by atoms with van der Waals surface area (Å²) in [5, 5.41) is 2.95. The molecule has 0 saturated carbocycles. The van der Waals surface area contributed by atoms with E-state index in [2.05, 4.69) is 4.98 Å². The topological polar surface area (TPSA) is 68.7 Å². The number of ether oxygens (including phenoxy) is 2. The van der Waals surface area contributed by atoms with Gasteiger partial charge < -0.3 is 14.4 Å². The smallest absolute Gasteiger partial charge is 0.325 e. The minimum absolute atomic E-state index is 0.129.